The molecule has 0 fully saturated rings. The van der Waals surface area contributed by atoms with Crippen molar-refractivity contribution in [2.45, 2.75) is 101 Å². The maximum absolute atomic E-state index is 9.51. The maximum Gasteiger partial charge on any atom is 0.243 e. The number of aryl methyl sites for hydroxylation is 2. The van der Waals surface area contributed by atoms with Crippen LogP contribution >= 0.6 is 34.8 Å². The quantitative estimate of drug-likeness (QED) is 0.239. The average Bonchev–Trinajstić information content (AvgIpc) is 3.04. The highest BCUT2D eigenvalue weighted by atomic mass is 35.6. The molecule has 158 valence electrons. The number of unbranched alkanes of at least 4 members (excludes halogenated alkanes) is 9. The number of imidazole rings is 1. The molecule has 1 aromatic rings. The topological polar surface area (TPSA) is 48.9 Å². The molecular weight excluding hydrogens is 407 g/mol. The van der Waals surface area contributed by atoms with Crippen molar-refractivity contribution in [3.05, 3.63) is 18.7 Å². The summed E-state index contributed by atoms with van der Waals surface area (Å²) in [5.41, 5.74) is 0. The smallest absolute Gasteiger partial charge is 0.243 e. The lowest BCUT2D eigenvalue weighted by atomic mass is 10.1. The van der Waals surface area contributed by atoms with Gasteiger partial charge in [-0.15, -0.1) is 0 Å². The van der Waals surface area contributed by atoms with E-state index in [0.29, 0.717) is 0 Å². The Labute approximate surface area is 179 Å². The molecule has 0 amide bonds. The van der Waals surface area contributed by atoms with Gasteiger partial charge in [-0.3, -0.25) is 0 Å². The predicted octanol–water partition coefficient (Wildman–Crippen LogP) is 5.21. The molecule has 1 aromatic heterocycles. The molecule has 0 aromatic carbocycles. The monoisotopic (exact) mass is 440 g/mol. The van der Waals surface area contributed by atoms with E-state index in [1.54, 1.807) is 0 Å². The molecule has 7 heteroatoms. The van der Waals surface area contributed by atoms with Crippen LogP contribution in [0.3, 0.4) is 0 Å². The highest BCUT2D eigenvalue weighted by Crippen LogP contribution is 2.24. The van der Waals surface area contributed by atoms with Gasteiger partial charge in [-0.1, -0.05) is 100 Å². The first-order chi connectivity index (χ1) is 12.8. The van der Waals surface area contributed by atoms with Crippen LogP contribution in [0.2, 0.25) is 0 Å². The lowest BCUT2D eigenvalue weighted by Gasteiger charge is -2.09. The minimum absolute atomic E-state index is 1.14. The largest absolute Gasteiger partial charge is 0.545 e. The van der Waals surface area contributed by atoms with Crippen LogP contribution in [0.4, 0.5) is 0 Å². The molecule has 0 aliphatic heterocycles. The second-order valence-corrected chi connectivity index (χ2v) is 9.14. The highest BCUT2D eigenvalue weighted by Gasteiger charge is 2.20. The van der Waals surface area contributed by atoms with Crippen molar-refractivity contribution >= 4 is 40.8 Å². The maximum atomic E-state index is 9.51. The van der Waals surface area contributed by atoms with Crippen molar-refractivity contribution in [2.24, 2.45) is 0 Å². The molecule has 0 unspecified atom stereocenters. The van der Waals surface area contributed by atoms with Gasteiger partial charge in [-0.2, -0.15) is 0 Å². The third-order valence-corrected chi connectivity index (χ3v) is 4.69. The number of rotatable bonds is 13. The number of alkyl halides is 3. The fourth-order valence-corrected chi connectivity index (χ4v) is 2.74. The summed E-state index contributed by atoms with van der Waals surface area (Å²) in [5, 5.41) is 9.51. The standard InChI is InChI=1S/C18H35N2.C2HCl3O2/c1-3-5-6-7-8-9-10-11-12-13-15-20-17-16-19(18-20)14-4-2;3-2(4,5)1(6)7/h16-18H,3-15H2,1-2H3;(H,6,7)/q+1;/p-1. The highest BCUT2D eigenvalue weighted by molar-refractivity contribution is 6.75. The number of carbonyl (C=O) groups excluding carboxylic acids is 1. The SMILES string of the molecule is CCCCCCCCCCCCn1cc[n+](CCC)c1.O=C([O-])C(Cl)(Cl)Cl. The Morgan fingerprint density at radius 1 is 0.926 bits per heavy atom. The Kier molecular flexibility index (Phi) is 16.2. The first kappa shape index (κ1) is 26.6. The third kappa shape index (κ3) is 16.2. The van der Waals surface area contributed by atoms with Crippen LogP contribution in [0.1, 0.15) is 84.5 Å². The second kappa shape index (κ2) is 16.5. The number of aliphatic carboxylic acids is 1. The van der Waals surface area contributed by atoms with Gasteiger partial charge in [0.2, 0.25) is 10.1 Å². The lowest BCUT2D eigenvalue weighted by Crippen LogP contribution is -2.35. The number of carboxylic acids is 1. The van der Waals surface area contributed by atoms with Crippen LogP contribution in [0, 0.1) is 0 Å². The van der Waals surface area contributed by atoms with Crippen molar-refractivity contribution in [3.8, 4) is 0 Å². The number of hydrogen-bond acceptors (Lipinski definition) is 2. The van der Waals surface area contributed by atoms with Gasteiger partial charge in [0.05, 0.1) is 19.1 Å². The molecule has 0 radical (unpaired) electrons. The zero-order valence-corrected chi connectivity index (χ0v) is 19.0. The van der Waals surface area contributed by atoms with Gasteiger partial charge < -0.3 is 9.90 Å². The molecule has 1 rings (SSSR count). The second-order valence-electron chi connectivity index (χ2n) is 6.86. The summed E-state index contributed by atoms with van der Waals surface area (Å²) in [6.45, 7) is 6.85. The van der Waals surface area contributed by atoms with Crippen LogP contribution in [0.5, 0.6) is 0 Å². The summed E-state index contributed by atoms with van der Waals surface area (Å²) in [6, 6.07) is 0. The molecule has 4 nitrogen and oxygen atoms in total. The Hall–Kier alpha value is -0.450. The van der Waals surface area contributed by atoms with E-state index in [-0.39, 0.29) is 0 Å². The van der Waals surface area contributed by atoms with Gasteiger partial charge in [0.25, 0.3) is 0 Å². The molecule has 0 N–H and O–H groups in total. The first-order valence-electron chi connectivity index (χ1n) is 10.1. The minimum atomic E-state index is -2.28. The van der Waals surface area contributed by atoms with E-state index in [0.717, 1.165) is 6.54 Å². The molecule has 0 saturated heterocycles. The molecule has 0 atom stereocenters. The molecule has 0 aliphatic rings. The van der Waals surface area contributed by atoms with Crippen LogP contribution in [0.25, 0.3) is 0 Å². The van der Waals surface area contributed by atoms with Gasteiger partial charge >= 0.3 is 0 Å². The number of aromatic nitrogens is 2. The van der Waals surface area contributed by atoms with Crippen LogP contribution in [-0.4, -0.2) is 14.3 Å². The number of hydrogen-bond donors (Lipinski definition) is 0. The van der Waals surface area contributed by atoms with Crippen molar-refractivity contribution < 1.29 is 14.5 Å². The van der Waals surface area contributed by atoms with Crippen molar-refractivity contribution in [3.63, 3.8) is 0 Å². The van der Waals surface area contributed by atoms with E-state index < -0.39 is 9.76 Å². The zero-order chi connectivity index (χ0) is 20.5. The summed E-state index contributed by atoms with van der Waals surface area (Å²) < 4.78 is 2.34. The third-order valence-electron chi connectivity index (χ3n) is 4.23. The first-order valence-corrected chi connectivity index (χ1v) is 11.3. The Morgan fingerprint density at radius 2 is 1.41 bits per heavy atom. The Bertz CT molecular complexity index is 488. The van der Waals surface area contributed by atoms with Crippen molar-refractivity contribution in [1.29, 1.82) is 0 Å². The zero-order valence-electron chi connectivity index (χ0n) is 16.8. The van der Waals surface area contributed by atoms with Crippen LogP contribution < -0.4 is 9.67 Å². The van der Waals surface area contributed by atoms with E-state index in [1.165, 1.54) is 77.2 Å². The fourth-order valence-electron chi connectivity index (χ4n) is 2.74. The van der Waals surface area contributed by atoms with Crippen molar-refractivity contribution in [1.82, 2.24) is 4.57 Å². The predicted molar refractivity (Wildman–Crippen MR) is 112 cm³/mol. The van der Waals surface area contributed by atoms with Gasteiger partial charge in [0.15, 0.2) is 0 Å². The van der Waals surface area contributed by atoms with Gasteiger partial charge in [-0.25, -0.2) is 9.13 Å². The van der Waals surface area contributed by atoms with Crippen LogP contribution in [0.15, 0.2) is 18.7 Å². The number of carbonyl (C=O) groups is 1. The van der Waals surface area contributed by atoms with Gasteiger partial charge in [0, 0.05) is 0 Å². The average molecular weight is 442 g/mol. The summed E-state index contributed by atoms with van der Waals surface area (Å²) in [5.74, 6) is -1.71. The molecule has 0 aliphatic carbocycles. The van der Waals surface area contributed by atoms with Crippen LogP contribution in [-0.2, 0) is 17.9 Å². The number of carboxylic acid groups (broad SMARTS) is 1. The molecule has 1 heterocycles. The van der Waals surface area contributed by atoms with E-state index in [1.807, 2.05) is 0 Å². The van der Waals surface area contributed by atoms with Crippen molar-refractivity contribution in [2.75, 3.05) is 0 Å². The summed E-state index contributed by atoms with van der Waals surface area (Å²) in [6.07, 6.45) is 22.0. The minimum Gasteiger partial charge on any atom is -0.545 e. The number of nitrogens with zero attached hydrogens (tertiary/aromatic N) is 2. The molecular formula is C20H35Cl3N2O2. The Balaban J connectivity index is 0.000000821. The molecule has 27 heavy (non-hydrogen) atoms. The number of halogens is 3. The van der Waals surface area contributed by atoms with E-state index in [2.05, 4.69) is 41.7 Å². The van der Waals surface area contributed by atoms with Gasteiger partial charge in [0.1, 0.15) is 12.4 Å². The lowest BCUT2D eigenvalue weighted by molar-refractivity contribution is -0.696. The summed E-state index contributed by atoms with van der Waals surface area (Å²) >= 11 is 14.2. The fraction of sp³-hybridized carbons (Fsp3) is 0.800. The van der Waals surface area contributed by atoms with E-state index >= 15 is 0 Å². The molecule has 0 saturated carbocycles. The summed E-state index contributed by atoms with van der Waals surface area (Å²) in [4.78, 5) is 9.51. The van der Waals surface area contributed by atoms with E-state index in [4.69, 9.17) is 34.8 Å². The Morgan fingerprint density at radius 3 is 1.85 bits per heavy atom. The normalized spacial score (nSPS) is 11.1. The molecule has 0 bridgehead atoms. The van der Waals surface area contributed by atoms with E-state index in [9.17, 15) is 9.90 Å². The summed E-state index contributed by atoms with van der Waals surface area (Å²) in [7, 11) is 0. The molecule has 0 spiro atoms. The van der Waals surface area contributed by atoms with Gasteiger partial charge in [-0.05, 0) is 19.3 Å².